The Kier molecular flexibility index (Phi) is 6.75. The number of nitrogens with zero attached hydrogens (tertiary/aromatic N) is 2. The van der Waals surface area contributed by atoms with Gasteiger partial charge in [0.15, 0.2) is 0 Å². The molecule has 178 valence electrons. The summed E-state index contributed by atoms with van der Waals surface area (Å²) in [7, 11) is 3.81. The summed E-state index contributed by atoms with van der Waals surface area (Å²) in [6.07, 6.45) is 2.43. The summed E-state index contributed by atoms with van der Waals surface area (Å²) in [5, 5.41) is 11.3. The fourth-order valence-corrected chi connectivity index (χ4v) is 4.42. The molecule has 1 N–H and O–H groups in total. The van der Waals surface area contributed by atoms with Crippen molar-refractivity contribution in [1.29, 1.82) is 0 Å². The van der Waals surface area contributed by atoms with Crippen LogP contribution in [0.25, 0.3) is 5.76 Å². The maximum absolute atomic E-state index is 13.2. The molecule has 0 bridgehead atoms. The number of ether oxygens (including phenoxy) is 2. The number of fused-ring (bicyclic) bond motifs is 1. The molecule has 4 rings (SSSR count). The SMILES string of the molecule is C=CCOc1cccc(C2/C(=C(/O)c3ccc4c(c3)CC(C)O4)C(=O)C(=O)N2CCN(C)C)c1. The molecule has 2 aromatic rings. The van der Waals surface area contributed by atoms with Crippen LogP contribution in [0.4, 0.5) is 0 Å². The highest BCUT2D eigenvalue weighted by Crippen LogP contribution is 2.41. The van der Waals surface area contributed by atoms with E-state index in [1.807, 2.05) is 44.1 Å². The number of Topliss-reactive ketones (excluding diaryl/α,β-unsaturated/α-hetero) is 1. The molecule has 1 fully saturated rings. The number of carbonyl (C=O) groups is 2. The van der Waals surface area contributed by atoms with E-state index in [0.717, 1.165) is 17.7 Å². The molecule has 2 unspecified atom stereocenters. The van der Waals surface area contributed by atoms with Crippen molar-refractivity contribution in [1.82, 2.24) is 9.80 Å². The van der Waals surface area contributed by atoms with Crippen LogP contribution in [-0.2, 0) is 16.0 Å². The fourth-order valence-electron chi connectivity index (χ4n) is 4.42. The van der Waals surface area contributed by atoms with Crippen LogP contribution in [0.3, 0.4) is 0 Å². The second-order valence-electron chi connectivity index (χ2n) is 8.92. The molecule has 0 spiro atoms. The van der Waals surface area contributed by atoms with Gasteiger partial charge < -0.3 is 24.4 Å². The highest BCUT2D eigenvalue weighted by atomic mass is 16.5. The summed E-state index contributed by atoms with van der Waals surface area (Å²) in [5.41, 5.74) is 2.23. The van der Waals surface area contributed by atoms with Crippen LogP contribution >= 0.6 is 0 Å². The van der Waals surface area contributed by atoms with Crippen LogP contribution in [0.2, 0.25) is 0 Å². The first-order valence-corrected chi connectivity index (χ1v) is 11.4. The van der Waals surface area contributed by atoms with E-state index in [1.165, 1.54) is 4.90 Å². The number of likely N-dealkylation sites (N-methyl/N-ethyl adjacent to an activating group) is 1. The highest BCUT2D eigenvalue weighted by Gasteiger charge is 2.46. The molecule has 0 aliphatic carbocycles. The number of aliphatic hydroxyl groups excluding tert-OH is 1. The number of rotatable bonds is 8. The van der Waals surface area contributed by atoms with Gasteiger partial charge in [0.05, 0.1) is 11.6 Å². The number of benzene rings is 2. The lowest BCUT2D eigenvalue weighted by Gasteiger charge is -2.27. The minimum absolute atomic E-state index is 0.0577. The predicted octanol–water partition coefficient (Wildman–Crippen LogP) is 3.56. The lowest BCUT2D eigenvalue weighted by Crippen LogP contribution is -2.35. The van der Waals surface area contributed by atoms with E-state index < -0.39 is 17.7 Å². The molecule has 0 radical (unpaired) electrons. The number of aliphatic hydroxyl groups is 1. The molecule has 0 saturated carbocycles. The van der Waals surface area contributed by atoms with Gasteiger partial charge in [0.2, 0.25) is 0 Å². The minimum atomic E-state index is -0.726. The standard InChI is InChI=1S/C27H30N2O5/c1-5-13-33-21-8-6-7-18(16-21)24-23(26(31)27(32)29(24)12-11-28(3)4)25(30)19-9-10-22-20(15-19)14-17(2)34-22/h5-10,15-17,24,30H,1,11-14H2,2-4H3/b25-23-. The molecule has 7 heteroatoms. The largest absolute Gasteiger partial charge is 0.507 e. The second-order valence-corrected chi connectivity index (χ2v) is 8.92. The van der Waals surface area contributed by atoms with Gasteiger partial charge in [-0.15, -0.1) is 0 Å². The molecule has 2 heterocycles. The topological polar surface area (TPSA) is 79.3 Å². The highest BCUT2D eigenvalue weighted by molar-refractivity contribution is 6.46. The van der Waals surface area contributed by atoms with Crippen LogP contribution in [0.5, 0.6) is 11.5 Å². The summed E-state index contributed by atoms with van der Waals surface area (Å²) in [4.78, 5) is 29.8. The van der Waals surface area contributed by atoms with E-state index >= 15 is 0 Å². The Morgan fingerprint density at radius 3 is 2.79 bits per heavy atom. The Bertz CT molecular complexity index is 1150. The number of hydrogen-bond donors (Lipinski definition) is 1. The van der Waals surface area contributed by atoms with Crippen LogP contribution in [0.15, 0.2) is 60.7 Å². The van der Waals surface area contributed by atoms with Crippen molar-refractivity contribution in [3.63, 3.8) is 0 Å². The van der Waals surface area contributed by atoms with Gasteiger partial charge >= 0.3 is 0 Å². The fraction of sp³-hybridized carbons (Fsp3) is 0.333. The number of carbonyl (C=O) groups excluding carboxylic acids is 2. The lowest BCUT2D eigenvalue weighted by molar-refractivity contribution is -0.140. The van der Waals surface area contributed by atoms with Crippen LogP contribution in [0, 0.1) is 0 Å². The quantitative estimate of drug-likeness (QED) is 0.280. The Balaban J connectivity index is 1.80. The lowest BCUT2D eigenvalue weighted by atomic mass is 9.94. The van der Waals surface area contributed by atoms with Gasteiger partial charge in [0.25, 0.3) is 11.7 Å². The Morgan fingerprint density at radius 1 is 1.26 bits per heavy atom. The van der Waals surface area contributed by atoms with Crippen molar-refractivity contribution in [3.05, 3.63) is 77.4 Å². The zero-order valence-corrected chi connectivity index (χ0v) is 19.8. The van der Waals surface area contributed by atoms with E-state index in [9.17, 15) is 14.7 Å². The van der Waals surface area contributed by atoms with E-state index in [0.29, 0.717) is 36.6 Å². The summed E-state index contributed by atoms with van der Waals surface area (Å²) in [6, 6.07) is 11.9. The molecular weight excluding hydrogens is 432 g/mol. The number of hydrogen-bond acceptors (Lipinski definition) is 6. The Labute approximate surface area is 199 Å². The summed E-state index contributed by atoms with van der Waals surface area (Å²) < 4.78 is 11.4. The average Bonchev–Trinajstić information content (AvgIpc) is 3.31. The maximum atomic E-state index is 13.2. The average molecular weight is 463 g/mol. The number of amides is 1. The first kappa shape index (κ1) is 23.6. The minimum Gasteiger partial charge on any atom is -0.507 e. The van der Waals surface area contributed by atoms with Crippen molar-refractivity contribution in [2.75, 3.05) is 33.8 Å². The third-order valence-corrected chi connectivity index (χ3v) is 6.04. The van der Waals surface area contributed by atoms with E-state index in [1.54, 1.807) is 30.3 Å². The van der Waals surface area contributed by atoms with Crippen molar-refractivity contribution in [2.45, 2.75) is 25.5 Å². The van der Waals surface area contributed by atoms with Gasteiger partial charge in [0.1, 0.15) is 30.0 Å². The summed E-state index contributed by atoms with van der Waals surface area (Å²) in [6.45, 7) is 6.90. The molecule has 1 saturated heterocycles. The molecular formula is C27H30N2O5. The van der Waals surface area contributed by atoms with Gasteiger partial charge in [-0.25, -0.2) is 0 Å². The normalized spacial score (nSPS) is 21.0. The third-order valence-electron chi connectivity index (χ3n) is 6.04. The van der Waals surface area contributed by atoms with Crippen molar-refractivity contribution >= 4 is 17.4 Å². The summed E-state index contributed by atoms with van der Waals surface area (Å²) >= 11 is 0. The summed E-state index contributed by atoms with van der Waals surface area (Å²) in [5.74, 6) is -0.124. The molecule has 34 heavy (non-hydrogen) atoms. The Hall–Kier alpha value is -3.58. The molecule has 2 aliphatic heterocycles. The zero-order chi connectivity index (χ0) is 24.4. The Morgan fingerprint density at radius 2 is 2.06 bits per heavy atom. The van der Waals surface area contributed by atoms with E-state index in [2.05, 4.69) is 6.58 Å². The predicted molar refractivity (Wildman–Crippen MR) is 130 cm³/mol. The van der Waals surface area contributed by atoms with Crippen LogP contribution < -0.4 is 9.47 Å². The first-order chi connectivity index (χ1) is 16.3. The van der Waals surface area contributed by atoms with Gasteiger partial charge in [-0.3, -0.25) is 9.59 Å². The number of ketones is 1. The molecule has 2 atom stereocenters. The molecule has 1 amide bonds. The first-order valence-electron chi connectivity index (χ1n) is 11.4. The monoisotopic (exact) mass is 462 g/mol. The smallest absolute Gasteiger partial charge is 0.295 e. The van der Waals surface area contributed by atoms with Gasteiger partial charge in [-0.2, -0.15) is 0 Å². The van der Waals surface area contributed by atoms with Crippen LogP contribution in [0.1, 0.15) is 29.7 Å². The van der Waals surface area contributed by atoms with Crippen LogP contribution in [-0.4, -0.2) is 66.5 Å². The molecule has 2 aliphatic rings. The van der Waals surface area contributed by atoms with E-state index in [4.69, 9.17) is 9.47 Å². The van der Waals surface area contributed by atoms with E-state index in [-0.39, 0.29) is 17.4 Å². The number of likely N-dealkylation sites (tertiary alicyclic amines) is 1. The van der Waals surface area contributed by atoms with Crippen molar-refractivity contribution in [2.24, 2.45) is 0 Å². The van der Waals surface area contributed by atoms with Gasteiger partial charge in [-0.05, 0) is 62.5 Å². The zero-order valence-electron chi connectivity index (χ0n) is 19.8. The van der Waals surface area contributed by atoms with Crippen molar-refractivity contribution < 1.29 is 24.2 Å². The third kappa shape index (κ3) is 4.56. The second kappa shape index (κ2) is 9.73. The van der Waals surface area contributed by atoms with Gasteiger partial charge in [0, 0.05) is 25.1 Å². The molecule has 0 aromatic heterocycles. The maximum Gasteiger partial charge on any atom is 0.295 e. The van der Waals surface area contributed by atoms with Crippen molar-refractivity contribution in [3.8, 4) is 11.5 Å². The molecule has 7 nitrogen and oxygen atoms in total. The van der Waals surface area contributed by atoms with Gasteiger partial charge in [-0.1, -0.05) is 24.8 Å². The molecule has 2 aromatic carbocycles.